The molecule has 1 aliphatic rings. The predicted molar refractivity (Wildman–Crippen MR) is 64.1 cm³/mol. The van der Waals surface area contributed by atoms with Gasteiger partial charge in [0.1, 0.15) is 0 Å². The summed E-state index contributed by atoms with van der Waals surface area (Å²) in [4.78, 5) is 5.22. The third-order valence-corrected chi connectivity index (χ3v) is 2.90. The van der Waals surface area contributed by atoms with Gasteiger partial charge in [0, 0.05) is 29.6 Å². The van der Waals surface area contributed by atoms with Crippen molar-refractivity contribution in [2.45, 2.75) is 19.1 Å². The van der Waals surface area contributed by atoms with Crippen molar-refractivity contribution in [1.29, 1.82) is 0 Å². The average molecular weight is 260 g/mol. The first-order valence-electron chi connectivity index (χ1n) is 4.79. The molecule has 0 N–H and O–H groups in total. The smallest absolute Gasteiger partial charge is 0.239 e. The van der Waals surface area contributed by atoms with E-state index in [9.17, 15) is 0 Å². The van der Waals surface area contributed by atoms with E-state index in [4.69, 9.17) is 32.8 Å². The van der Waals surface area contributed by atoms with E-state index in [0.717, 1.165) is 11.3 Å². The van der Waals surface area contributed by atoms with E-state index in [1.54, 1.807) is 25.3 Å². The molecule has 1 unspecified atom stereocenters. The van der Waals surface area contributed by atoms with Crippen LogP contribution in [0.4, 0.5) is 0 Å². The number of hydrogen-bond acceptors (Lipinski definition) is 3. The molecule has 1 atom stereocenters. The van der Waals surface area contributed by atoms with Gasteiger partial charge in [-0.2, -0.15) is 0 Å². The first kappa shape index (κ1) is 11.7. The van der Waals surface area contributed by atoms with Crippen LogP contribution in [0.2, 0.25) is 10.0 Å². The van der Waals surface area contributed by atoms with Gasteiger partial charge in [0.15, 0.2) is 0 Å². The molecule has 16 heavy (non-hydrogen) atoms. The SMILES string of the molecule is COC1(C)CC(c2cc(Cl)cc(Cl)c2)=NO1. The number of rotatable bonds is 2. The Morgan fingerprint density at radius 3 is 2.44 bits per heavy atom. The van der Waals surface area contributed by atoms with Crippen LogP contribution in [0.25, 0.3) is 0 Å². The molecule has 3 nitrogen and oxygen atoms in total. The van der Waals surface area contributed by atoms with E-state index >= 15 is 0 Å². The summed E-state index contributed by atoms with van der Waals surface area (Å²) in [6.45, 7) is 1.83. The fourth-order valence-electron chi connectivity index (χ4n) is 1.51. The maximum absolute atomic E-state index is 5.92. The largest absolute Gasteiger partial charge is 0.360 e. The molecule has 5 heteroatoms. The van der Waals surface area contributed by atoms with Gasteiger partial charge < -0.3 is 9.57 Å². The van der Waals surface area contributed by atoms with Crippen LogP contribution < -0.4 is 0 Å². The van der Waals surface area contributed by atoms with Crippen LogP contribution in [0.1, 0.15) is 18.9 Å². The lowest BCUT2D eigenvalue weighted by atomic mass is 10.0. The van der Waals surface area contributed by atoms with Crippen LogP contribution in [-0.2, 0) is 9.57 Å². The topological polar surface area (TPSA) is 30.8 Å². The van der Waals surface area contributed by atoms with E-state index < -0.39 is 5.79 Å². The summed E-state index contributed by atoms with van der Waals surface area (Å²) < 4.78 is 5.21. The van der Waals surface area contributed by atoms with Crippen molar-refractivity contribution < 1.29 is 9.57 Å². The Hall–Kier alpha value is -0.770. The van der Waals surface area contributed by atoms with Gasteiger partial charge in [-0.25, -0.2) is 0 Å². The zero-order chi connectivity index (χ0) is 11.8. The molecule has 0 saturated carbocycles. The lowest BCUT2D eigenvalue weighted by Crippen LogP contribution is -2.26. The van der Waals surface area contributed by atoms with E-state index in [-0.39, 0.29) is 0 Å². The Bertz CT molecular complexity index is 427. The number of halogens is 2. The van der Waals surface area contributed by atoms with Crippen LogP contribution in [0.3, 0.4) is 0 Å². The monoisotopic (exact) mass is 259 g/mol. The van der Waals surface area contributed by atoms with Crippen molar-refractivity contribution in [3.05, 3.63) is 33.8 Å². The number of methoxy groups -OCH3 is 1. The standard InChI is InChI=1S/C11H11Cl2NO2/c1-11(15-2)6-10(14-16-11)7-3-8(12)5-9(13)4-7/h3-5H,6H2,1-2H3. The van der Waals surface area contributed by atoms with E-state index in [1.165, 1.54) is 0 Å². The van der Waals surface area contributed by atoms with Gasteiger partial charge in [0.2, 0.25) is 5.79 Å². The van der Waals surface area contributed by atoms with Crippen molar-refractivity contribution in [1.82, 2.24) is 0 Å². The number of hydrogen-bond donors (Lipinski definition) is 0. The maximum Gasteiger partial charge on any atom is 0.239 e. The summed E-state index contributed by atoms with van der Waals surface area (Å²) in [7, 11) is 1.59. The molecule has 1 aromatic carbocycles. The summed E-state index contributed by atoms with van der Waals surface area (Å²) >= 11 is 11.8. The fourth-order valence-corrected chi connectivity index (χ4v) is 2.03. The van der Waals surface area contributed by atoms with Crippen LogP contribution in [0, 0.1) is 0 Å². The van der Waals surface area contributed by atoms with Crippen LogP contribution in [0.15, 0.2) is 23.4 Å². The van der Waals surface area contributed by atoms with Crippen LogP contribution in [0.5, 0.6) is 0 Å². The maximum atomic E-state index is 5.92. The normalized spacial score (nSPS) is 24.1. The van der Waals surface area contributed by atoms with Crippen molar-refractivity contribution in [3.8, 4) is 0 Å². The molecule has 0 bridgehead atoms. The molecule has 0 amide bonds. The first-order chi connectivity index (χ1) is 7.52. The van der Waals surface area contributed by atoms with Gasteiger partial charge in [-0.1, -0.05) is 28.4 Å². The van der Waals surface area contributed by atoms with Gasteiger partial charge in [0.05, 0.1) is 12.1 Å². The molecule has 0 aliphatic carbocycles. The number of ether oxygens (including phenoxy) is 1. The first-order valence-corrected chi connectivity index (χ1v) is 5.55. The quantitative estimate of drug-likeness (QED) is 0.815. The molecule has 0 spiro atoms. The molecule has 1 aliphatic heterocycles. The van der Waals surface area contributed by atoms with E-state index in [0.29, 0.717) is 16.5 Å². The lowest BCUT2D eigenvalue weighted by molar-refractivity contribution is -0.192. The second-order valence-corrected chi connectivity index (χ2v) is 4.67. The zero-order valence-corrected chi connectivity index (χ0v) is 10.5. The predicted octanol–water partition coefficient (Wildman–Crippen LogP) is 3.48. The van der Waals surface area contributed by atoms with E-state index in [2.05, 4.69) is 5.16 Å². The molecule has 0 aromatic heterocycles. The van der Waals surface area contributed by atoms with Crippen LogP contribution >= 0.6 is 23.2 Å². The summed E-state index contributed by atoms with van der Waals surface area (Å²) in [5.41, 5.74) is 1.65. The van der Waals surface area contributed by atoms with Crippen molar-refractivity contribution in [3.63, 3.8) is 0 Å². The molecule has 0 fully saturated rings. The highest BCUT2D eigenvalue weighted by atomic mass is 35.5. The summed E-state index contributed by atoms with van der Waals surface area (Å²) in [5, 5.41) is 5.15. The van der Waals surface area contributed by atoms with Gasteiger partial charge in [-0.3, -0.25) is 0 Å². The third-order valence-electron chi connectivity index (χ3n) is 2.47. The minimum absolute atomic E-state index is 0.570. The molecular formula is C11H11Cl2NO2. The highest BCUT2D eigenvalue weighted by Gasteiger charge is 2.34. The second kappa shape index (κ2) is 4.24. The molecule has 0 radical (unpaired) electrons. The average Bonchev–Trinajstić information content (AvgIpc) is 2.61. The van der Waals surface area contributed by atoms with Crippen molar-refractivity contribution in [2.24, 2.45) is 5.16 Å². The molecular weight excluding hydrogens is 249 g/mol. The van der Waals surface area contributed by atoms with Crippen LogP contribution in [-0.4, -0.2) is 18.6 Å². The van der Waals surface area contributed by atoms with Crippen molar-refractivity contribution in [2.75, 3.05) is 7.11 Å². The van der Waals surface area contributed by atoms with Gasteiger partial charge >= 0.3 is 0 Å². The van der Waals surface area contributed by atoms with Crippen molar-refractivity contribution >= 4 is 28.9 Å². The number of benzene rings is 1. The third kappa shape index (κ3) is 2.32. The lowest BCUT2D eigenvalue weighted by Gasteiger charge is -2.18. The highest BCUT2D eigenvalue weighted by Crippen LogP contribution is 2.29. The Labute approximate surface area is 104 Å². The molecule has 0 saturated heterocycles. The molecule has 1 heterocycles. The molecule has 1 aromatic rings. The minimum atomic E-state index is -0.690. The summed E-state index contributed by atoms with van der Waals surface area (Å²) in [5.74, 6) is -0.690. The zero-order valence-electron chi connectivity index (χ0n) is 8.96. The molecule has 86 valence electrons. The Morgan fingerprint density at radius 1 is 1.31 bits per heavy atom. The van der Waals surface area contributed by atoms with E-state index in [1.807, 2.05) is 6.92 Å². The van der Waals surface area contributed by atoms with Gasteiger partial charge in [-0.15, -0.1) is 0 Å². The number of oxime groups is 1. The van der Waals surface area contributed by atoms with Gasteiger partial charge in [-0.05, 0) is 18.2 Å². The summed E-state index contributed by atoms with van der Waals surface area (Å²) in [6.07, 6.45) is 0.570. The van der Waals surface area contributed by atoms with Gasteiger partial charge in [0.25, 0.3) is 0 Å². The minimum Gasteiger partial charge on any atom is -0.360 e. The Morgan fingerprint density at radius 2 is 1.94 bits per heavy atom. The highest BCUT2D eigenvalue weighted by molar-refractivity contribution is 6.35. The summed E-state index contributed by atoms with van der Waals surface area (Å²) in [6, 6.07) is 5.28. The Kier molecular flexibility index (Phi) is 3.10. The number of nitrogens with zero attached hydrogens (tertiary/aromatic N) is 1. The fraction of sp³-hybridized carbons (Fsp3) is 0.364. The molecule has 2 rings (SSSR count). The Balaban J connectivity index is 2.27. The second-order valence-electron chi connectivity index (χ2n) is 3.80.